The number of cyclic esters (lactones) is 1. The van der Waals surface area contributed by atoms with Crippen molar-refractivity contribution >= 4 is 85.0 Å². The van der Waals surface area contributed by atoms with E-state index in [1.54, 1.807) is 6.08 Å². The van der Waals surface area contributed by atoms with Crippen LogP contribution in [0, 0.1) is 7.14 Å². The number of carbonyl (C=O) groups is 2. The van der Waals surface area contributed by atoms with Gasteiger partial charge in [0.05, 0.1) is 19.8 Å². The number of halogens is 3. The molecule has 0 spiro atoms. The van der Waals surface area contributed by atoms with E-state index < -0.39 is 11.9 Å². The van der Waals surface area contributed by atoms with Crippen LogP contribution in [0.4, 0.5) is 0 Å². The minimum absolute atomic E-state index is 0.172. The fourth-order valence-corrected chi connectivity index (χ4v) is 4.89. The third kappa shape index (κ3) is 4.92. The van der Waals surface area contributed by atoms with Crippen molar-refractivity contribution in [2.75, 3.05) is 13.7 Å². The van der Waals surface area contributed by atoms with Crippen molar-refractivity contribution in [3.8, 4) is 5.75 Å². The predicted molar refractivity (Wildman–Crippen MR) is 124 cm³/mol. The maximum Gasteiger partial charge on any atom is 0.363 e. The smallest absolute Gasteiger partial charge is 0.363 e. The lowest BCUT2D eigenvalue weighted by molar-refractivity contribution is -0.143. The number of hydrogen-bond acceptors (Lipinski definition) is 6. The Balaban J connectivity index is 1.88. The third-order valence-electron chi connectivity index (χ3n) is 3.61. The molecule has 2 aromatic carbocycles. The third-order valence-corrected chi connectivity index (χ3v) is 5.90. The van der Waals surface area contributed by atoms with Gasteiger partial charge in [-0.2, -0.15) is 0 Å². The molecule has 2 aromatic rings. The Morgan fingerprint density at radius 2 is 1.93 bits per heavy atom. The summed E-state index contributed by atoms with van der Waals surface area (Å²) in [5, 5.41) is 0. The molecule has 3 rings (SSSR count). The molecule has 0 unspecified atom stereocenters. The lowest BCUT2D eigenvalue weighted by Gasteiger charge is -2.10. The second-order valence-electron chi connectivity index (χ2n) is 5.49. The van der Waals surface area contributed by atoms with E-state index in [0.717, 1.165) is 17.2 Å². The van der Waals surface area contributed by atoms with E-state index in [0.29, 0.717) is 11.3 Å². The van der Waals surface area contributed by atoms with Crippen LogP contribution in [0.2, 0.25) is 0 Å². The standard InChI is InChI=1S/C19H12BrI2NO5/c1-26-16(24)9-27-17-13(21)6-10(7-14(17)22)8-15-19(25)28-18(23-15)11-4-2-3-5-12(11)20/h2-8H,9H2,1H3/b15-8-. The maximum atomic E-state index is 12.2. The van der Waals surface area contributed by atoms with Gasteiger partial charge < -0.3 is 14.2 Å². The zero-order chi connectivity index (χ0) is 20.3. The highest BCUT2D eigenvalue weighted by Gasteiger charge is 2.25. The quantitative estimate of drug-likeness (QED) is 0.266. The molecule has 0 saturated carbocycles. The fourth-order valence-electron chi connectivity index (χ4n) is 2.31. The summed E-state index contributed by atoms with van der Waals surface area (Å²) in [6, 6.07) is 11.1. The largest absolute Gasteiger partial charge is 0.480 e. The van der Waals surface area contributed by atoms with Gasteiger partial charge >= 0.3 is 11.9 Å². The van der Waals surface area contributed by atoms with E-state index in [-0.39, 0.29) is 18.2 Å². The molecule has 9 heteroatoms. The van der Waals surface area contributed by atoms with Crippen molar-refractivity contribution < 1.29 is 23.8 Å². The van der Waals surface area contributed by atoms with Gasteiger partial charge in [-0.1, -0.05) is 12.1 Å². The SMILES string of the molecule is COC(=O)COc1c(I)cc(/C=C2\N=C(c3ccccc3Br)OC2=O)cc1I. The Bertz CT molecular complexity index is 996. The van der Waals surface area contributed by atoms with E-state index >= 15 is 0 Å². The summed E-state index contributed by atoms with van der Waals surface area (Å²) < 4.78 is 17.8. The van der Waals surface area contributed by atoms with Crippen LogP contribution < -0.4 is 4.74 Å². The number of ether oxygens (including phenoxy) is 3. The van der Waals surface area contributed by atoms with Gasteiger partial charge in [-0.25, -0.2) is 14.6 Å². The van der Waals surface area contributed by atoms with Crippen molar-refractivity contribution in [3.63, 3.8) is 0 Å². The Morgan fingerprint density at radius 3 is 2.57 bits per heavy atom. The molecule has 0 amide bonds. The monoisotopic (exact) mass is 667 g/mol. The van der Waals surface area contributed by atoms with Crippen molar-refractivity contribution in [2.24, 2.45) is 4.99 Å². The van der Waals surface area contributed by atoms with Crippen LogP contribution in [0.3, 0.4) is 0 Å². The molecular weight excluding hydrogens is 656 g/mol. The van der Waals surface area contributed by atoms with Crippen LogP contribution >= 0.6 is 61.1 Å². The van der Waals surface area contributed by atoms with Gasteiger partial charge in [-0.05, 0) is 97.0 Å². The molecule has 6 nitrogen and oxygen atoms in total. The van der Waals surface area contributed by atoms with Crippen molar-refractivity contribution in [2.45, 2.75) is 0 Å². The summed E-state index contributed by atoms with van der Waals surface area (Å²) in [6.07, 6.45) is 1.65. The van der Waals surface area contributed by atoms with Gasteiger partial charge in [0.2, 0.25) is 5.90 Å². The van der Waals surface area contributed by atoms with Crippen LogP contribution in [-0.2, 0) is 19.1 Å². The average molecular weight is 668 g/mol. The second-order valence-corrected chi connectivity index (χ2v) is 8.67. The summed E-state index contributed by atoms with van der Waals surface area (Å²) in [6.45, 7) is -0.172. The summed E-state index contributed by atoms with van der Waals surface area (Å²) in [4.78, 5) is 27.8. The molecule has 0 N–H and O–H groups in total. The zero-order valence-corrected chi connectivity index (χ0v) is 20.3. The molecule has 1 aliphatic heterocycles. The molecule has 28 heavy (non-hydrogen) atoms. The Hall–Kier alpha value is -1.47. The number of benzene rings is 2. The van der Waals surface area contributed by atoms with Gasteiger partial charge in [-0.15, -0.1) is 0 Å². The lowest BCUT2D eigenvalue weighted by atomic mass is 10.2. The highest BCUT2D eigenvalue weighted by atomic mass is 127. The van der Waals surface area contributed by atoms with Crippen molar-refractivity contribution in [1.29, 1.82) is 0 Å². The Kier molecular flexibility index (Phi) is 7.10. The zero-order valence-electron chi connectivity index (χ0n) is 14.4. The molecule has 1 heterocycles. The lowest BCUT2D eigenvalue weighted by Crippen LogP contribution is -2.13. The molecule has 0 aliphatic carbocycles. The summed E-state index contributed by atoms with van der Waals surface area (Å²) in [5.41, 5.74) is 1.68. The minimum atomic E-state index is -0.512. The Morgan fingerprint density at radius 1 is 1.25 bits per heavy atom. The van der Waals surface area contributed by atoms with Crippen LogP contribution in [-0.4, -0.2) is 31.6 Å². The first-order valence-corrected chi connectivity index (χ1v) is 10.8. The van der Waals surface area contributed by atoms with Crippen LogP contribution in [0.1, 0.15) is 11.1 Å². The van der Waals surface area contributed by atoms with Crippen LogP contribution in [0.5, 0.6) is 5.75 Å². The molecule has 144 valence electrons. The number of methoxy groups -OCH3 is 1. The van der Waals surface area contributed by atoms with Gasteiger partial charge in [0, 0.05) is 4.47 Å². The number of esters is 2. The van der Waals surface area contributed by atoms with Gasteiger partial charge in [0.25, 0.3) is 0 Å². The van der Waals surface area contributed by atoms with Crippen LogP contribution in [0.25, 0.3) is 6.08 Å². The highest BCUT2D eigenvalue weighted by molar-refractivity contribution is 14.1. The molecule has 0 bridgehead atoms. The first-order valence-electron chi connectivity index (χ1n) is 7.85. The van der Waals surface area contributed by atoms with E-state index in [1.165, 1.54) is 7.11 Å². The molecular formula is C19H12BrI2NO5. The van der Waals surface area contributed by atoms with E-state index in [2.05, 4.69) is 70.8 Å². The molecule has 0 radical (unpaired) electrons. The molecule has 0 aromatic heterocycles. The fraction of sp³-hybridized carbons (Fsp3) is 0.105. The number of aliphatic imine (C=N–C) groups is 1. The molecule has 0 fully saturated rings. The van der Waals surface area contributed by atoms with E-state index in [4.69, 9.17) is 9.47 Å². The topological polar surface area (TPSA) is 74.2 Å². The molecule has 1 aliphatic rings. The number of nitrogens with zero attached hydrogens (tertiary/aromatic N) is 1. The van der Waals surface area contributed by atoms with E-state index in [1.807, 2.05) is 36.4 Å². The average Bonchev–Trinajstić information content (AvgIpc) is 3.01. The molecule has 0 atom stereocenters. The van der Waals surface area contributed by atoms with Gasteiger partial charge in [0.1, 0.15) is 5.75 Å². The second kappa shape index (κ2) is 9.35. The normalized spacial score (nSPS) is 14.6. The first kappa shape index (κ1) is 21.2. The highest BCUT2D eigenvalue weighted by Crippen LogP contribution is 2.31. The van der Waals surface area contributed by atoms with Gasteiger partial charge in [0.15, 0.2) is 12.3 Å². The number of rotatable bonds is 5. The summed E-state index contributed by atoms with van der Waals surface area (Å²) >= 11 is 7.65. The maximum absolute atomic E-state index is 12.2. The molecule has 0 saturated heterocycles. The van der Waals surface area contributed by atoms with Crippen LogP contribution in [0.15, 0.2) is 51.6 Å². The predicted octanol–water partition coefficient (Wildman–Crippen LogP) is 4.55. The van der Waals surface area contributed by atoms with Crippen molar-refractivity contribution in [1.82, 2.24) is 0 Å². The number of carbonyl (C=O) groups excluding carboxylic acids is 2. The Labute approximate surface area is 196 Å². The van der Waals surface area contributed by atoms with Gasteiger partial charge in [-0.3, -0.25) is 0 Å². The minimum Gasteiger partial charge on any atom is -0.480 e. The summed E-state index contributed by atoms with van der Waals surface area (Å²) in [5.74, 6) is -0.131. The number of hydrogen-bond donors (Lipinski definition) is 0. The first-order chi connectivity index (χ1) is 13.4. The van der Waals surface area contributed by atoms with E-state index in [9.17, 15) is 9.59 Å². The van der Waals surface area contributed by atoms with Crippen molar-refractivity contribution in [3.05, 3.63) is 64.8 Å². The summed E-state index contributed by atoms with van der Waals surface area (Å²) in [7, 11) is 1.31.